The summed E-state index contributed by atoms with van der Waals surface area (Å²) in [5, 5.41) is 1.70. The monoisotopic (exact) mass is 368 g/mol. The van der Waals surface area contributed by atoms with Gasteiger partial charge in [0.15, 0.2) is 0 Å². The number of ketones is 2. The number of benzene rings is 1. The van der Waals surface area contributed by atoms with Crippen molar-refractivity contribution in [3.63, 3.8) is 0 Å². The lowest BCUT2D eigenvalue weighted by atomic mass is 9.84. The van der Waals surface area contributed by atoms with Crippen LogP contribution in [0.4, 0.5) is 0 Å². The summed E-state index contributed by atoms with van der Waals surface area (Å²) in [5.74, 6) is -0.0926. The molecule has 6 rings (SSSR count). The number of carbonyl (C=O) groups excluding carboxylic acids is 2. The molecule has 0 N–H and O–H groups in total. The van der Waals surface area contributed by atoms with Crippen molar-refractivity contribution in [3.05, 3.63) is 68.7 Å². The molecule has 0 aliphatic heterocycles. The number of carbonyl (C=O) groups is 2. The van der Waals surface area contributed by atoms with Crippen molar-refractivity contribution in [1.29, 1.82) is 0 Å². The largest absolute Gasteiger partial charge is 0.288 e. The van der Waals surface area contributed by atoms with Crippen LogP contribution >= 0.6 is 11.3 Å². The Balaban J connectivity index is 1.79. The second-order valence-electron chi connectivity index (χ2n) is 7.15. The number of pyridine rings is 2. The zero-order chi connectivity index (χ0) is 18.4. The number of aromatic nitrogens is 2. The fraction of sp³-hybridized carbons (Fsp3) is 0.0909. The van der Waals surface area contributed by atoms with Gasteiger partial charge in [-0.2, -0.15) is 0 Å². The van der Waals surface area contributed by atoms with Crippen LogP contribution in [0, 0.1) is 13.8 Å². The van der Waals surface area contributed by atoms with Gasteiger partial charge in [-0.1, -0.05) is 12.1 Å². The maximum Gasteiger partial charge on any atom is 0.205 e. The molecule has 0 saturated carbocycles. The summed E-state index contributed by atoms with van der Waals surface area (Å²) in [6.07, 6.45) is 3.56. The van der Waals surface area contributed by atoms with E-state index >= 15 is 0 Å². The molecular formula is C22H12N2O2S. The minimum Gasteiger partial charge on any atom is -0.288 e. The zero-order valence-electron chi connectivity index (χ0n) is 14.6. The van der Waals surface area contributed by atoms with E-state index < -0.39 is 0 Å². The van der Waals surface area contributed by atoms with Crippen molar-refractivity contribution in [2.45, 2.75) is 13.8 Å². The molecule has 2 aliphatic carbocycles. The minimum atomic E-state index is -0.0463. The Labute approximate surface area is 158 Å². The zero-order valence-corrected chi connectivity index (χ0v) is 15.4. The summed E-state index contributed by atoms with van der Waals surface area (Å²) in [7, 11) is 0. The van der Waals surface area contributed by atoms with Gasteiger partial charge < -0.3 is 0 Å². The van der Waals surface area contributed by atoms with E-state index in [9.17, 15) is 9.59 Å². The summed E-state index contributed by atoms with van der Waals surface area (Å²) < 4.78 is 0. The second-order valence-corrected chi connectivity index (χ2v) is 8.17. The van der Waals surface area contributed by atoms with Gasteiger partial charge in [0.25, 0.3) is 0 Å². The number of hydrogen-bond acceptors (Lipinski definition) is 5. The van der Waals surface area contributed by atoms with Crippen LogP contribution in [-0.2, 0) is 0 Å². The summed E-state index contributed by atoms with van der Waals surface area (Å²) in [6.45, 7) is 3.86. The molecule has 0 unspecified atom stereocenters. The summed E-state index contributed by atoms with van der Waals surface area (Å²) in [4.78, 5) is 36.7. The van der Waals surface area contributed by atoms with Crippen LogP contribution in [0.25, 0.3) is 33.3 Å². The van der Waals surface area contributed by atoms with Gasteiger partial charge in [-0.15, -0.1) is 11.3 Å². The van der Waals surface area contributed by atoms with Crippen LogP contribution in [0.3, 0.4) is 0 Å². The number of hydrogen-bond donors (Lipinski definition) is 0. The molecule has 0 bridgehead atoms. The van der Waals surface area contributed by atoms with Crippen molar-refractivity contribution in [1.82, 2.24) is 9.97 Å². The summed E-state index contributed by atoms with van der Waals surface area (Å²) >= 11 is 1.30. The van der Waals surface area contributed by atoms with Gasteiger partial charge >= 0.3 is 0 Å². The molecule has 4 aromatic rings. The van der Waals surface area contributed by atoms with E-state index in [0.717, 1.165) is 33.0 Å². The quantitative estimate of drug-likeness (QED) is 0.389. The first-order valence-electron chi connectivity index (χ1n) is 8.67. The van der Waals surface area contributed by atoms with Gasteiger partial charge in [-0.3, -0.25) is 19.6 Å². The average Bonchev–Trinajstić information content (AvgIpc) is 3.07. The first kappa shape index (κ1) is 14.9. The standard InChI is InChI=1S/C22H12N2O2S/c1-9-5-13-17(23-7-9)11-3-4-12-16-15(11)21(19(13)25)27-22(16)20(26)14-6-10(2)8-24-18(12)14/h3-8H,1-2H3. The maximum atomic E-state index is 13.2. The fourth-order valence-electron chi connectivity index (χ4n) is 4.15. The highest BCUT2D eigenvalue weighted by Gasteiger charge is 2.36. The molecule has 0 saturated heterocycles. The Morgan fingerprint density at radius 3 is 1.59 bits per heavy atom. The topological polar surface area (TPSA) is 59.9 Å². The number of aryl methyl sites for hydroxylation is 2. The highest BCUT2D eigenvalue weighted by molar-refractivity contribution is 7.18. The Hall–Kier alpha value is -3.18. The number of fused-ring (bicyclic) bond motifs is 4. The van der Waals surface area contributed by atoms with Gasteiger partial charge in [0.2, 0.25) is 11.6 Å². The summed E-state index contributed by atoms with van der Waals surface area (Å²) in [5.41, 5.74) is 6.36. The van der Waals surface area contributed by atoms with E-state index in [-0.39, 0.29) is 11.6 Å². The fourth-order valence-corrected chi connectivity index (χ4v) is 5.39. The maximum absolute atomic E-state index is 13.2. The lowest BCUT2D eigenvalue weighted by molar-refractivity contribution is 0.103. The molecule has 0 atom stereocenters. The molecule has 3 aromatic heterocycles. The lowest BCUT2D eigenvalue weighted by Gasteiger charge is -2.19. The van der Waals surface area contributed by atoms with Crippen molar-refractivity contribution >= 4 is 33.7 Å². The molecule has 128 valence electrons. The van der Waals surface area contributed by atoms with Gasteiger partial charge in [0.05, 0.1) is 32.3 Å². The van der Waals surface area contributed by atoms with Crippen LogP contribution in [0.5, 0.6) is 0 Å². The normalized spacial score (nSPS) is 13.7. The molecule has 0 amide bonds. The van der Waals surface area contributed by atoms with Crippen LogP contribution in [0.2, 0.25) is 0 Å². The van der Waals surface area contributed by atoms with Gasteiger partial charge in [-0.25, -0.2) is 0 Å². The van der Waals surface area contributed by atoms with Crippen LogP contribution in [-0.4, -0.2) is 21.5 Å². The van der Waals surface area contributed by atoms with E-state index in [4.69, 9.17) is 0 Å². The molecule has 3 heterocycles. The van der Waals surface area contributed by atoms with Crippen molar-refractivity contribution < 1.29 is 9.59 Å². The molecule has 2 aliphatic rings. The Bertz CT molecular complexity index is 1280. The smallest absolute Gasteiger partial charge is 0.205 e. The van der Waals surface area contributed by atoms with Gasteiger partial charge in [0.1, 0.15) is 0 Å². The predicted molar refractivity (Wildman–Crippen MR) is 105 cm³/mol. The molecule has 0 radical (unpaired) electrons. The predicted octanol–water partition coefficient (Wildman–Crippen LogP) is 4.73. The summed E-state index contributed by atoms with van der Waals surface area (Å²) in [6, 6.07) is 7.78. The molecule has 1 aromatic carbocycles. The lowest BCUT2D eigenvalue weighted by Crippen LogP contribution is -2.11. The van der Waals surface area contributed by atoms with Crippen molar-refractivity contribution in [2.75, 3.05) is 0 Å². The first-order valence-corrected chi connectivity index (χ1v) is 9.49. The van der Waals surface area contributed by atoms with Crippen LogP contribution in [0.15, 0.2) is 36.7 Å². The first-order chi connectivity index (χ1) is 13.0. The highest BCUT2D eigenvalue weighted by atomic mass is 32.1. The molecule has 4 nitrogen and oxygen atoms in total. The van der Waals surface area contributed by atoms with E-state index in [1.165, 1.54) is 11.3 Å². The molecular weight excluding hydrogens is 356 g/mol. The highest BCUT2D eigenvalue weighted by Crippen LogP contribution is 2.50. The van der Waals surface area contributed by atoms with Gasteiger partial charge in [0, 0.05) is 34.3 Å². The van der Waals surface area contributed by atoms with E-state index in [0.29, 0.717) is 32.3 Å². The van der Waals surface area contributed by atoms with Gasteiger partial charge in [-0.05, 0) is 37.1 Å². The Morgan fingerprint density at radius 1 is 0.704 bits per heavy atom. The second kappa shape index (κ2) is 4.75. The molecule has 0 spiro atoms. The Morgan fingerprint density at radius 2 is 1.15 bits per heavy atom. The SMILES string of the molecule is Cc1cnc2c(c1)C(=O)c1sc3c4c(ccc-2c14)-c1ncc(C)cc1C3=O. The van der Waals surface area contributed by atoms with E-state index in [2.05, 4.69) is 9.97 Å². The van der Waals surface area contributed by atoms with E-state index in [1.54, 1.807) is 12.4 Å². The van der Waals surface area contributed by atoms with Crippen LogP contribution < -0.4 is 0 Å². The van der Waals surface area contributed by atoms with Crippen molar-refractivity contribution in [2.24, 2.45) is 0 Å². The third-order valence-electron chi connectivity index (χ3n) is 5.32. The van der Waals surface area contributed by atoms with Crippen LogP contribution in [0.1, 0.15) is 41.6 Å². The third-order valence-corrected chi connectivity index (χ3v) is 6.51. The van der Waals surface area contributed by atoms with E-state index in [1.807, 2.05) is 38.1 Å². The molecule has 5 heteroatoms. The minimum absolute atomic E-state index is 0.0463. The Kier molecular flexibility index (Phi) is 2.63. The number of rotatable bonds is 0. The molecule has 0 fully saturated rings. The number of nitrogens with zero attached hydrogens (tertiary/aromatic N) is 2. The third kappa shape index (κ3) is 1.72. The number of thiophene rings is 1. The molecule has 27 heavy (non-hydrogen) atoms. The van der Waals surface area contributed by atoms with Crippen molar-refractivity contribution in [3.8, 4) is 22.5 Å². The average molecular weight is 368 g/mol.